The molecule has 0 aliphatic carbocycles. The fraction of sp³-hybridized carbons (Fsp3) is 0.649. The van der Waals surface area contributed by atoms with E-state index < -0.39 is 26.5 Å². The molecular formula is C74H125NO8P+. The summed E-state index contributed by atoms with van der Waals surface area (Å²) in [6, 6.07) is 0. The van der Waals surface area contributed by atoms with Gasteiger partial charge in [-0.15, -0.1) is 0 Å². The minimum absolute atomic E-state index is 0.0146. The molecule has 0 spiro atoms. The molecule has 0 aromatic rings. The monoisotopic (exact) mass is 1190 g/mol. The Morgan fingerprint density at radius 3 is 0.988 bits per heavy atom. The molecule has 0 aromatic heterocycles. The summed E-state index contributed by atoms with van der Waals surface area (Å²) in [5.74, 6) is -0.869. The SMILES string of the molecule is CC/C=C\C/C=C\C/C=C\C/C=C\C/C=C\C/C=C\C/C=C\CCCC(=O)OC(COC(=O)CCCCCCCCCCCCCCCCCCCCCCC/C=C\C/C=C\C/C=C\C/C=C\C/C=C\CC)COP(=O)(O)OCC[N+](C)(C)C. The van der Waals surface area contributed by atoms with Gasteiger partial charge in [0.15, 0.2) is 6.10 Å². The van der Waals surface area contributed by atoms with Crippen LogP contribution in [-0.4, -0.2) is 74.9 Å². The Bertz CT molecular complexity index is 1930. The second kappa shape index (κ2) is 63.4. The first-order chi connectivity index (χ1) is 41.0. The predicted molar refractivity (Wildman–Crippen MR) is 362 cm³/mol. The molecule has 0 aliphatic heterocycles. The van der Waals surface area contributed by atoms with Crippen LogP contribution < -0.4 is 0 Å². The van der Waals surface area contributed by atoms with Gasteiger partial charge in [-0.05, 0) is 109 Å². The largest absolute Gasteiger partial charge is 0.472 e. The molecular weight excluding hydrogens is 1060 g/mol. The van der Waals surface area contributed by atoms with Crippen LogP contribution in [0.4, 0.5) is 0 Å². The highest BCUT2D eigenvalue weighted by atomic mass is 31.2. The van der Waals surface area contributed by atoms with Crippen molar-refractivity contribution < 1.29 is 42.1 Å². The molecule has 0 rings (SSSR count). The van der Waals surface area contributed by atoms with Crippen molar-refractivity contribution >= 4 is 19.8 Å². The first-order valence-electron chi connectivity index (χ1n) is 33.6. The topological polar surface area (TPSA) is 108 Å². The van der Waals surface area contributed by atoms with E-state index in [0.29, 0.717) is 23.9 Å². The molecule has 478 valence electrons. The third-order valence-electron chi connectivity index (χ3n) is 13.9. The summed E-state index contributed by atoms with van der Waals surface area (Å²) in [6.45, 7) is 4.14. The highest BCUT2D eigenvalue weighted by molar-refractivity contribution is 7.47. The lowest BCUT2D eigenvalue weighted by atomic mass is 10.0. The van der Waals surface area contributed by atoms with E-state index in [1.54, 1.807) is 0 Å². The summed E-state index contributed by atoms with van der Waals surface area (Å²) < 4.78 is 34.6. The van der Waals surface area contributed by atoms with Gasteiger partial charge in [0.05, 0.1) is 27.7 Å². The fourth-order valence-corrected chi connectivity index (χ4v) is 9.54. The van der Waals surface area contributed by atoms with E-state index in [0.717, 1.165) is 96.3 Å². The van der Waals surface area contributed by atoms with Crippen molar-refractivity contribution in [3.05, 3.63) is 146 Å². The van der Waals surface area contributed by atoms with Crippen LogP contribution in [-0.2, 0) is 32.7 Å². The van der Waals surface area contributed by atoms with Gasteiger partial charge in [0.25, 0.3) is 0 Å². The standard InChI is InChI=1S/C74H124NO8P/c1-6-8-10-12-14-16-18-20-22-24-26-28-30-31-32-33-34-35-36-37-38-39-40-41-42-43-45-46-48-50-52-54-56-58-60-62-64-66-73(76)80-70-72(71-82-84(78,79)81-69-68-75(3,4)5)83-74(77)67-65-63-61-59-57-55-53-51-49-47-44-29-27-25-23-21-19-17-15-13-11-9-7-2/h8-11,14-17,20-23,26-29,31-32,47,49,53,55,59,61,72H,6-7,12-13,18-19,24-25,30,33-46,48,50-52,54,56-58,60,62-71H2,1-5H3/p+1/b10-8-,11-9-,16-14-,17-15-,22-20-,23-21-,28-26-,29-27-,32-31-,49-47-,55-53-,61-59-. The van der Waals surface area contributed by atoms with Gasteiger partial charge in [0.1, 0.15) is 19.8 Å². The normalized spacial score (nSPS) is 14.1. The summed E-state index contributed by atoms with van der Waals surface area (Å²) in [4.78, 5) is 35.8. The number of hydrogen-bond acceptors (Lipinski definition) is 7. The molecule has 0 fully saturated rings. The lowest BCUT2D eigenvalue weighted by Gasteiger charge is -2.24. The number of hydrogen-bond donors (Lipinski definition) is 1. The van der Waals surface area contributed by atoms with Crippen LogP contribution in [0, 0.1) is 0 Å². The van der Waals surface area contributed by atoms with Crippen LogP contribution >= 0.6 is 7.82 Å². The summed E-state index contributed by atoms with van der Waals surface area (Å²) >= 11 is 0. The highest BCUT2D eigenvalue weighted by Crippen LogP contribution is 2.43. The van der Waals surface area contributed by atoms with E-state index in [1.807, 2.05) is 21.1 Å². The Morgan fingerprint density at radius 1 is 0.369 bits per heavy atom. The summed E-state index contributed by atoms with van der Waals surface area (Å²) in [7, 11) is 1.43. The molecule has 0 saturated carbocycles. The predicted octanol–water partition coefficient (Wildman–Crippen LogP) is 21.8. The number of phosphoric ester groups is 1. The van der Waals surface area contributed by atoms with E-state index in [9.17, 15) is 19.0 Å². The van der Waals surface area contributed by atoms with E-state index in [-0.39, 0.29) is 32.0 Å². The Morgan fingerprint density at radius 2 is 0.655 bits per heavy atom. The Kier molecular flexibility index (Phi) is 60.3. The van der Waals surface area contributed by atoms with Crippen LogP contribution in [0.15, 0.2) is 146 Å². The smallest absolute Gasteiger partial charge is 0.462 e. The number of rotatable bonds is 60. The molecule has 84 heavy (non-hydrogen) atoms. The maximum Gasteiger partial charge on any atom is 0.472 e. The van der Waals surface area contributed by atoms with Crippen molar-refractivity contribution in [1.82, 2.24) is 0 Å². The van der Waals surface area contributed by atoms with Crippen molar-refractivity contribution in [1.29, 1.82) is 0 Å². The fourth-order valence-electron chi connectivity index (χ4n) is 8.80. The van der Waals surface area contributed by atoms with Gasteiger partial charge >= 0.3 is 19.8 Å². The molecule has 2 unspecified atom stereocenters. The molecule has 0 radical (unpaired) electrons. The van der Waals surface area contributed by atoms with Crippen molar-refractivity contribution in [2.75, 3.05) is 47.5 Å². The number of carbonyl (C=O) groups is 2. The second-order valence-corrected chi connectivity index (χ2v) is 24.5. The van der Waals surface area contributed by atoms with Gasteiger partial charge in [-0.2, -0.15) is 0 Å². The van der Waals surface area contributed by atoms with Gasteiger partial charge in [-0.3, -0.25) is 18.6 Å². The molecule has 0 bridgehead atoms. The number of esters is 2. The molecule has 1 N–H and O–H groups in total. The van der Waals surface area contributed by atoms with Gasteiger partial charge in [0.2, 0.25) is 0 Å². The van der Waals surface area contributed by atoms with Gasteiger partial charge in [0, 0.05) is 12.8 Å². The van der Waals surface area contributed by atoms with E-state index in [2.05, 4.69) is 160 Å². The maximum atomic E-state index is 12.8. The number of likely N-dealkylation sites (N-methyl/N-ethyl adjacent to an activating group) is 1. The minimum atomic E-state index is -4.41. The van der Waals surface area contributed by atoms with Crippen molar-refractivity contribution in [2.24, 2.45) is 0 Å². The summed E-state index contributed by atoms with van der Waals surface area (Å²) in [5.41, 5.74) is 0. The number of phosphoric acid groups is 1. The Labute approximate surface area is 516 Å². The molecule has 0 amide bonds. The quantitative estimate of drug-likeness (QED) is 0.0211. The second-order valence-electron chi connectivity index (χ2n) is 23.1. The zero-order chi connectivity index (χ0) is 61.2. The average molecular weight is 1190 g/mol. The first-order valence-corrected chi connectivity index (χ1v) is 35.1. The molecule has 0 saturated heterocycles. The first kappa shape index (κ1) is 79.9. The molecule has 2 atom stereocenters. The highest BCUT2D eigenvalue weighted by Gasteiger charge is 2.27. The van der Waals surface area contributed by atoms with Crippen molar-refractivity contribution in [3.8, 4) is 0 Å². The Balaban J connectivity index is 4.08. The number of ether oxygens (including phenoxy) is 2. The number of allylic oxidation sites excluding steroid dienone is 24. The van der Waals surface area contributed by atoms with E-state index in [1.165, 1.54) is 122 Å². The van der Waals surface area contributed by atoms with Crippen LogP contribution in [0.2, 0.25) is 0 Å². The van der Waals surface area contributed by atoms with Gasteiger partial charge < -0.3 is 18.9 Å². The summed E-state index contributed by atoms with van der Waals surface area (Å²) in [6.07, 6.45) is 93.9. The van der Waals surface area contributed by atoms with E-state index >= 15 is 0 Å². The molecule has 9 nitrogen and oxygen atoms in total. The zero-order valence-corrected chi connectivity index (χ0v) is 55.2. The third-order valence-corrected chi connectivity index (χ3v) is 14.8. The number of quaternary nitrogens is 1. The molecule has 10 heteroatoms. The molecule has 0 aromatic carbocycles. The number of unbranched alkanes of at least 4 members (excludes halogenated alkanes) is 22. The van der Waals surface area contributed by atoms with Crippen LogP contribution in [0.3, 0.4) is 0 Å². The third kappa shape index (κ3) is 67.0. The Hall–Kier alpha value is -4.11. The van der Waals surface area contributed by atoms with E-state index in [4.69, 9.17) is 18.5 Å². The average Bonchev–Trinajstić information content (AvgIpc) is 3.61. The van der Waals surface area contributed by atoms with Crippen LogP contribution in [0.5, 0.6) is 0 Å². The lowest BCUT2D eigenvalue weighted by Crippen LogP contribution is -2.37. The van der Waals surface area contributed by atoms with Crippen molar-refractivity contribution in [3.63, 3.8) is 0 Å². The number of carbonyl (C=O) groups excluding carboxylic acids is 2. The van der Waals surface area contributed by atoms with Crippen molar-refractivity contribution in [2.45, 2.75) is 264 Å². The molecule has 0 aliphatic rings. The zero-order valence-electron chi connectivity index (χ0n) is 54.3. The van der Waals surface area contributed by atoms with Gasteiger partial charge in [-0.25, -0.2) is 4.57 Å². The van der Waals surface area contributed by atoms with Crippen LogP contribution in [0.1, 0.15) is 258 Å². The van der Waals surface area contributed by atoms with Crippen LogP contribution in [0.25, 0.3) is 0 Å². The van der Waals surface area contributed by atoms with Gasteiger partial charge in [-0.1, -0.05) is 282 Å². The maximum absolute atomic E-state index is 12.8. The summed E-state index contributed by atoms with van der Waals surface area (Å²) in [5, 5.41) is 0. The molecule has 0 heterocycles. The lowest BCUT2D eigenvalue weighted by molar-refractivity contribution is -0.870. The number of nitrogens with zero attached hydrogens (tertiary/aromatic N) is 1. The minimum Gasteiger partial charge on any atom is -0.462 e.